The maximum Gasteiger partial charge on any atom is 0.408 e. The topological polar surface area (TPSA) is 166 Å². The number of nitrogens with one attached hydrogen (secondary N) is 2. The van der Waals surface area contributed by atoms with E-state index in [4.69, 9.17) is 25.8 Å². The molecule has 42 heavy (non-hydrogen) atoms. The second-order valence-electron chi connectivity index (χ2n) is 10.9. The van der Waals surface area contributed by atoms with Gasteiger partial charge >= 0.3 is 6.09 Å². The zero-order valence-electron chi connectivity index (χ0n) is 24.2. The number of nitriles is 1. The molecule has 3 rings (SSSR count). The van der Waals surface area contributed by atoms with Crippen LogP contribution in [0.3, 0.4) is 0 Å². The Morgan fingerprint density at radius 2 is 1.90 bits per heavy atom. The van der Waals surface area contributed by atoms with E-state index in [9.17, 15) is 14.9 Å². The van der Waals surface area contributed by atoms with E-state index in [2.05, 4.69) is 37.2 Å². The van der Waals surface area contributed by atoms with E-state index in [1.54, 1.807) is 63.4 Å². The van der Waals surface area contributed by atoms with E-state index in [0.717, 1.165) is 5.56 Å². The lowest BCUT2D eigenvalue weighted by atomic mass is 10.0. The first-order chi connectivity index (χ1) is 19.9. The van der Waals surface area contributed by atoms with Gasteiger partial charge in [-0.3, -0.25) is 4.79 Å². The molecule has 2 amide bonds. The number of hydrogen-bond acceptors (Lipinski definition) is 10. The van der Waals surface area contributed by atoms with Crippen LogP contribution in [0.15, 0.2) is 48.7 Å². The monoisotopic (exact) mass is 598 g/mol. The predicted octanol–water partition coefficient (Wildman–Crippen LogP) is 3.93. The molecule has 0 bridgehead atoms. The van der Waals surface area contributed by atoms with E-state index in [0.29, 0.717) is 10.9 Å². The van der Waals surface area contributed by atoms with E-state index >= 15 is 0 Å². The van der Waals surface area contributed by atoms with Crippen molar-refractivity contribution in [1.82, 2.24) is 35.8 Å². The van der Waals surface area contributed by atoms with Crippen LogP contribution in [-0.4, -0.2) is 61.5 Å². The molecule has 224 valence electrons. The minimum absolute atomic E-state index is 0.0145. The van der Waals surface area contributed by atoms with Crippen molar-refractivity contribution in [1.29, 1.82) is 5.26 Å². The summed E-state index contributed by atoms with van der Waals surface area (Å²) in [7, 11) is 0. The highest BCUT2D eigenvalue weighted by Crippen LogP contribution is 2.21. The SMILES string of the molecule is CC(C)(C)OC(=O)NC(C)(C)C(=O)N[C@H](COCc1cccc(Cl)c1)c1nnnn1[C@H](CC#N)COc1ccccn1. The van der Waals surface area contributed by atoms with E-state index in [-0.39, 0.29) is 32.1 Å². The van der Waals surface area contributed by atoms with Crippen molar-refractivity contribution in [3.63, 3.8) is 0 Å². The Bertz CT molecular complexity index is 1370. The van der Waals surface area contributed by atoms with Gasteiger partial charge in [-0.15, -0.1) is 5.10 Å². The number of tetrazole rings is 1. The van der Waals surface area contributed by atoms with Crippen LogP contribution in [0.1, 0.15) is 64.5 Å². The highest BCUT2D eigenvalue weighted by atomic mass is 35.5. The molecule has 2 atom stereocenters. The van der Waals surface area contributed by atoms with Gasteiger partial charge in [-0.1, -0.05) is 29.8 Å². The molecule has 2 aromatic heterocycles. The van der Waals surface area contributed by atoms with Crippen molar-refractivity contribution in [2.24, 2.45) is 0 Å². The van der Waals surface area contributed by atoms with Crippen LogP contribution >= 0.6 is 11.6 Å². The van der Waals surface area contributed by atoms with Crippen LogP contribution in [0.25, 0.3) is 0 Å². The summed E-state index contributed by atoms with van der Waals surface area (Å²) >= 11 is 6.10. The largest absolute Gasteiger partial charge is 0.475 e. The molecule has 13 nitrogen and oxygen atoms in total. The number of pyridine rings is 1. The van der Waals surface area contributed by atoms with Gasteiger partial charge in [0.05, 0.1) is 25.7 Å². The number of ether oxygens (including phenoxy) is 3. The van der Waals surface area contributed by atoms with Crippen LogP contribution in [0.5, 0.6) is 5.88 Å². The fourth-order valence-electron chi connectivity index (χ4n) is 3.68. The van der Waals surface area contributed by atoms with Crippen molar-refractivity contribution < 1.29 is 23.8 Å². The number of benzene rings is 1. The van der Waals surface area contributed by atoms with Crippen molar-refractivity contribution >= 4 is 23.6 Å². The number of nitrogens with zero attached hydrogens (tertiary/aromatic N) is 6. The molecule has 2 heterocycles. The molecule has 0 spiro atoms. The summed E-state index contributed by atoms with van der Waals surface area (Å²) in [6, 6.07) is 13.1. The molecule has 0 fully saturated rings. The molecule has 0 saturated heterocycles. The average Bonchev–Trinajstić information content (AvgIpc) is 3.39. The van der Waals surface area contributed by atoms with Crippen molar-refractivity contribution in [3.05, 3.63) is 65.1 Å². The fourth-order valence-corrected chi connectivity index (χ4v) is 3.89. The minimum Gasteiger partial charge on any atom is -0.475 e. The molecule has 14 heteroatoms. The molecule has 0 radical (unpaired) electrons. The smallest absolute Gasteiger partial charge is 0.408 e. The maximum atomic E-state index is 13.4. The van der Waals surface area contributed by atoms with Crippen LogP contribution < -0.4 is 15.4 Å². The van der Waals surface area contributed by atoms with Crippen LogP contribution in [0.4, 0.5) is 4.79 Å². The quantitative estimate of drug-likeness (QED) is 0.294. The summed E-state index contributed by atoms with van der Waals surface area (Å²) in [6.07, 6.45) is 0.857. The molecular formula is C28H35ClN8O5. The lowest BCUT2D eigenvalue weighted by Crippen LogP contribution is -2.56. The number of alkyl carbamates (subject to hydrolysis) is 1. The molecule has 0 aliphatic carbocycles. The summed E-state index contributed by atoms with van der Waals surface area (Å²) in [5.74, 6) is 0.0629. The van der Waals surface area contributed by atoms with Gasteiger partial charge in [0.2, 0.25) is 11.8 Å². The first kappa shape index (κ1) is 32.2. The van der Waals surface area contributed by atoms with Gasteiger partial charge < -0.3 is 24.8 Å². The molecule has 3 aromatic rings. The van der Waals surface area contributed by atoms with Crippen LogP contribution in [0, 0.1) is 11.3 Å². The molecule has 2 N–H and O–H groups in total. The van der Waals surface area contributed by atoms with Gasteiger partial charge in [0.25, 0.3) is 0 Å². The zero-order valence-corrected chi connectivity index (χ0v) is 25.0. The first-order valence-electron chi connectivity index (χ1n) is 13.2. The molecule has 1 aromatic carbocycles. The van der Waals surface area contributed by atoms with Crippen LogP contribution in [-0.2, 0) is 20.9 Å². The summed E-state index contributed by atoms with van der Waals surface area (Å²) in [5, 5.41) is 27.6. The normalized spacial score (nSPS) is 13.0. The summed E-state index contributed by atoms with van der Waals surface area (Å²) in [6.45, 7) is 8.45. The van der Waals surface area contributed by atoms with Crippen molar-refractivity contribution in [2.45, 2.75) is 70.9 Å². The lowest BCUT2D eigenvalue weighted by Gasteiger charge is -2.29. The molecule has 0 aliphatic heterocycles. The third-order valence-corrected chi connectivity index (χ3v) is 5.93. The Morgan fingerprint density at radius 3 is 2.57 bits per heavy atom. The second-order valence-corrected chi connectivity index (χ2v) is 11.3. The van der Waals surface area contributed by atoms with E-state index < -0.39 is 35.2 Å². The third-order valence-electron chi connectivity index (χ3n) is 5.69. The Morgan fingerprint density at radius 1 is 1.12 bits per heavy atom. The van der Waals surface area contributed by atoms with Gasteiger partial charge in [0.1, 0.15) is 29.8 Å². The van der Waals surface area contributed by atoms with Gasteiger partial charge in [-0.25, -0.2) is 14.5 Å². The van der Waals surface area contributed by atoms with E-state index in [1.165, 1.54) is 18.5 Å². The van der Waals surface area contributed by atoms with Gasteiger partial charge in [0.15, 0.2) is 5.82 Å². The standard InChI is InChI=1S/C28H35ClN8O5/c1-27(2,3)42-26(39)33-28(4,5)25(38)32-22(18-40-16-19-9-8-10-20(29)15-19)24-34-35-36-37(24)21(12-13-30)17-41-23-11-6-7-14-31-23/h6-11,14-15,21-22H,12,16-18H2,1-5H3,(H,32,38)(H,33,39)/t21-,22-/m1/s1. The predicted molar refractivity (Wildman–Crippen MR) is 152 cm³/mol. The Kier molecular flexibility index (Phi) is 11.2. The summed E-state index contributed by atoms with van der Waals surface area (Å²) in [4.78, 5) is 30.0. The van der Waals surface area contributed by atoms with Gasteiger partial charge in [-0.2, -0.15) is 5.26 Å². The van der Waals surface area contributed by atoms with E-state index in [1.807, 2.05) is 6.07 Å². The number of halogens is 1. The number of hydrogen-bond donors (Lipinski definition) is 2. The second kappa shape index (κ2) is 14.6. The minimum atomic E-state index is -1.38. The third kappa shape index (κ3) is 9.97. The molecule has 0 unspecified atom stereocenters. The highest BCUT2D eigenvalue weighted by Gasteiger charge is 2.35. The number of aromatic nitrogens is 5. The Balaban J connectivity index is 1.83. The molecular weight excluding hydrogens is 564 g/mol. The van der Waals surface area contributed by atoms with Gasteiger partial charge in [0, 0.05) is 17.3 Å². The van der Waals surface area contributed by atoms with Crippen molar-refractivity contribution in [3.8, 4) is 11.9 Å². The first-order valence-corrected chi connectivity index (χ1v) is 13.6. The number of carbonyl (C=O) groups is 2. The Hall–Kier alpha value is -4.28. The maximum absolute atomic E-state index is 13.4. The summed E-state index contributed by atoms with van der Waals surface area (Å²) < 4.78 is 18.5. The van der Waals surface area contributed by atoms with Gasteiger partial charge in [-0.05, 0) is 68.8 Å². The molecule has 0 saturated carbocycles. The average molecular weight is 599 g/mol. The van der Waals surface area contributed by atoms with Crippen LogP contribution in [0.2, 0.25) is 5.02 Å². The number of amides is 2. The Labute approximate surface area is 249 Å². The lowest BCUT2D eigenvalue weighted by molar-refractivity contribution is -0.127. The summed E-state index contributed by atoms with van der Waals surface area (Å²) in [5.41, 5.74) is -1.30. The highest BCUT2D eigenvalue weighted by molar-refractivity contribution is 6.30. The zero-order chi connectivity index (χ0) is 30.8. The fraction of sp³-hybridized carbons (Fsp3) is 0.464. The van der Waals surface area contributed by atoms with Crippen molar-refractivity contribution in [2.75, 3.05) is 13.2 Å². The molecule has 0 aliphatic rings. The number of carbonyl (C=O) groups excluding carboxylic acids is 2. The number of rotatable bonds is 13.